The highest BCUT2D eigenvalue weighted by Gasteiger charge is 1.93. The lowest BCUT2D eigenvalue weighted by Gasteiger charge is -2.00. The smallest absolute Gasteiger partial charge is 0.364 e. The number of halogens is 1. The van der Waals surface area contributed by atoms with Crippen LogP contribution in [-0.2, 0) is 8.92 Å². The molecule has 2 N–H and O–H groups in total. The first-order valence-electron chi connectivity index (χ1n) is 2.38. The predicted molar refractivity (Wildman–Crippen MR) is 49.5 cm³/mol. The zero-order valence-corrected chi connectivity index (χ0v) is 7.98. The molecule has 0 spiro atoms. The second-order valence-electron chi connectivity index (χ2n) is 1.15. The fraction of sp³-hybridized carbons (Fsp3) is 0.750. The van der Waals surface area contributed by atoms with Gasteiger partial charge in [0, 0.05) is 24.5 Å². The maximum absolute atomic E-state index is 5.17. The topological polar surface area (TPSA) is 44.5 Å². The van der Waals surface area contributed by atoms with Crippen molar-refractivity contribution < 1.29 is 8.92 Å². The van der Waals surface area contributed by atoms with Crippen LogP contribution in [0, 0.1) is 0 Å². The van der Waals surface area contributed by atoms with E-state index in [9.17, 15) is 0 Å². The molecule has 0 radical (unpaired) electrons. The summed E-state index contributed by atoms with van der Waals surface area (Å²) in [6, 6.07) is 0. The molecule has 0 heterocycles. The van der Waals surface area contributed by atoms with Crippen LogP contribution in [0.25, 0.3) is 0 Å². The molecule has 0 saturated heterocycles. The van der Waals surface area contributed by atoms with Crippen molar-refractivity contribution in [1.82, 2.24) is 0 Å². The van der Waals surface area contributed by atoms with Gasteiger partial charge < -0.3 is 14.7 Å². The molecule has 0 amide bonds. The van der Waals surface area contributed by atoms with E-state index in [1.807, 2.05) is 0 Å². The van der Waals surface area contributed by atoms with E-state index in [1.54, 1.807) is 0 Å². The summed E-state index contributed by atoms with van der Waals surface area (Å²) in [6.45, 7) is 0.580. The summed E-state index contributed by atoms with van der Waals surface area (Å²) in [7, 11) is 1.46. The normalized spacial score (nSPS) is 7.80. The maximum Gasteiger partial charge on any atom is 0.364 e. The minimum Gasteiger partial charge on any atom is -0.459 e. The Labute approximate surface area is 76.2 Å². The van der Waals surface area contributed by atoms with Gasteiger partial charge in [-0.1, -0.05) is 0 Å². The van der Waals surface area contributed by atoms with Gasteiger partial charge in [-0.2, -0.15) is 0 Å². The van der Waals surface area contributed by atoms with Crippen LogP contribution in [0.3, 0.4) is 0 Å². The van der Waals surface area contributed by atoms with Crippen LogP contribution in [0.1, 0.15) is 0 Å². The lowest BCUT2D eigenvalue weighted by Crippen LogP contribution is -2.04. The second kappa shape index (κ2) is 9.29. The van der Waals surface area contributed by atoms with Crippen LogP contribution in [0.4, 0.5) is 0 Å². The highest BCUT2D eigenvalue weighted by atomic mass is 35.5. The zero-order chi connectivity index (χ0) is 7.11. The first-order chi connectivity index (χ1) is 4.31. The molecule has 0 aliphatic carbocycles. The number of hydrogen-bond acceptors (Lipinski definition) is 5. The highest BCUT2D eigenvalue weighted by molar-refractivity contribution is 7.95. The molecule has 0 unspecified atom stereocenters. The Balaban J connectivity index is 0. The molecule has 0 aromatic carbocycles. The van der Waals surface area contributed by atoms with E-state index >= 15 is 0 Å². The van der Waals surface area contributed by atoms with Crippen LogP contribution < -0.4 is 5.73 Å². The standard InChI is InChI=1S/C4H9NO2S2.ClH/c1-6-4(8)7-9-3-2-5;/h2-3,5H2,1H3;1H. The van der Waals surface area contributed by atoms with Gasteiger partial charge in [-0.3, -0.25) is 0 Å². The average Bonchev–Trinajstić information content (AvgIpc) is 1.89. The van der Waals surface area contributed by atoms with Crippen molar-refractivity contribution in [3.63, 3.8) is 0 Å². The van der Waals surface area contributed by atoms with E-state index in [4.69, 9.17) is 9.92 Å². The van der Waals surface area contributed by atoms with Gasteiger partial charge >= 0.3 is 5.24 Å². The maximum atomic E-state index is 5.17. The summed E-state index contributed by atoms with van der Waals surface area (Å²) >= 11 is 5.76. The van der Waals surface area contributed by atoms with Crippen LogP contribution in [0.5, 0.6) is 0 Å². The number of thiocarbonyl (C=S) groups is 1. The molecule has 0 aromatic rings. The molecule has 3 nitrogen and oxygen atoms in total. The summed E-state index contributed by atoms with van der Waals surface area (Å²) in [5, 5.41) is 0.147. The van der Waals surface area contributed by atoms with E-state index in [-0.39, 0.29) is 17.6 Å². The van der Waals surface area contributed by atoms with Crippen molar-refractivity contribution in [3.05, 3.63) is 0 Å². The van der Waals surface area contributed by atoms with Crippen molar-refractivity contribution in [3.8, 4) is 0 Å². The van der Waals surface area contributed by atoms with Crippen molar-refractivity contribution in [1.29, 1.82) is 0 Å². The van der Waals surface area contributed by atoms with E-state index in [0.29, 0.717) is 6.54 Å². The Kier molecular flexibility index (Phi) is 12.0. The minimum atomic E-state index is 0. The van der Waals surface area contributed by atoms with E-state index < -0.39 is 0 Å². The second-order valence-corrected chi connectivity index (χ2v) is 2.29. The summed E-state index contributed by atoms with van der Waals surface area (Å²) in [5.74, 6) is 0.726. The number of hydrogen-bond donors (Lipinski definition) is 1. The number of methoxy groups -OCH3 is 1. The SMILES string of the molecule is COC(=S)OSCCN.Cl. The molecule has 0 fully saturated rings. The largest absolute Gasteiger partial charge is 0.459 e. The van der Waals surface area contributed by atoms with Crippen LogP contribution in [0.2, 0.25) is 0 Å². The third-order valence-corrected chi connectivity index (χ3v) is 1.52. The van der Waals surface area contributed by atoms with Gasteiger partial charge in [-0.15, -0.1) is 12.4 Å². The van der Waals surface area contributed by atoms with Crippen LogP contribution in [-0.4, -0.2) is 24.6 Å². The summed E-state index contributed by atoms with van der Waals surface area (Å²) in [4.78, 5) is 0. The number of ether oxygens (including phenoxy) is 1. The molecule has 0 rings (SSSR count). The molecular weight excluding hydrogens is 194 g/mol. The molecule has 0 aliphatic rings. The van der Waals surface area contributed by atoms with Crippen molar-refractivity contribution in [2.45, 2.75) is 0 Å². The van der Waals surface area contributed by atoms with Crippen molar-refractivity contribution >= 4 is 41.9 Å². The molecule has 0 bridgehead atoms. The number of rotatable bonds is 3. The average molecular weight is 204 g/mol. The van der Waals surface area contributed by atoms with Gasteiger partial charge in [-0.25, -0.2) is 0 Å². The Hall–Kier alpha value is 0.290. The van der Waals surface area contributed by atoms with Gasteiger partial charge in [-0.05, 0) is 0 Å². The van der Waals surface area contributed by atoms with Gasteiger partial charge in [0.05, 0.1) is 19.2 Å². The zero-order valence-electron chi connectivity index (χ0n) is 5.53. The van der Waals surface area contributed by atoms with Gasteiger partial charge in [0.2, 0.25) is 0 Å². The number of nitrogens with two attached hydrogens (primary N) is 1. The first kappa shape index (κ1) is 12.9. The molecule has 0 saturated carbocycles. The molecule has 62 valence electrons. The Morgan fingerprint density at radius 1 is 1.70 bits per heavy atom. The Morgan fingerprint density at radius 3 is 2.70 bits per heavy atom. The van der Waals surface area contributed by atoms with Crippen LogP contribution in [0.15, 0.2) is 0 Å². The summed E-state index contributed by atoms with van der Waals surface area (Å²) in [6.07, 6.45) is 0. The first-order valence-corrected chi connectivity index (χ1v) is 3.70. The molecule has 10 heavy (non-hydrogen) atoms. The van der Waals surface area contributed by atoms with Gasteiger partial charge in [0.25, 0.3) is 0 Å². The predicted octanol–water partition coefficient (Wildman–Crippen LogP) is 0.963. The van der Waals surface area contributed by atoms with E-state index in [2.05, 4.69) is 17.0 Å². The van der Waals surface area contributed by atoms with Gasteiger partial charge in [0.1, 0.15) is 0 Å². The molecule has 0 aliphatic heterocycles. The fourth-order valence-corrected chi connectivity index (χ4v) is 0.660. The molecule has 0 aromatic heterocycles. The lowest BCUT2D eigenvalue weighted by atomic mass is 10.8. The monoisotopic (exact) mass is 203 g/mol. The third kappa shape index (κ3) is 8.29. The molecule has 6 heteroatoms. The van der Waals surface area contributed by atoms with E-state index in [0.717, 1.165) is 5.75 Å². The summed E-state index contributed by atoms with van der Waals surface area (Å²) in [5.41, 5.74) is 5.17. The molecule has 0 atom stereocenters. The molecular formula is C4H10ClNO2S2. The summed E-state index contributed by atoms with van der Waals surface area (Å²) < 4.78 is 9.32. The van der Waals surface area contributed by atoms with Crippen LogP contribution >= 0.6 is 36.7 Å². The van der Waals surface area contributed by atoms with Crippen molar-refractivity contribution in [2.75, 3.05) is 19.4 Å². The van der Waals surface area contributed by atoms with Crippen molar-refractivity contribution in [2.24, 2.45) is 5.73 Å². The fourth-order valence-electron chi connectivity index (χ4n) is 0.172. The van der Waals surface area contributed by atoms with Gasteiger partial charge in [0.15, 0.2) is 0 Å². The quantitative estimate of drug-likeness (QED) is 0.421. The van der Waals surface area contributed by atoms with E-state index in [1.165, 1.54) is 19.2 Å². The Bertz CT molecular complexity index is 93.3. The minimum absolute atomic E-state index is 0. The lowest BCUT2D eigenvalue weighted by molar-refractivity contribution is 0.333. The highest BCUT2D eigenvalue weighted by Crippen LogP contribution is 2.01. The third-order valence-electron chi connectivity index (χ3n) is 0.495. The Morgan fingerprint density at radius 2 is 2.30 bits per heavy atom.